The van der Waals surface area contributed by atoms with E-state index in [-0.39, 0.29) is 12.5 Å². The average molecular weight is 1050 g/mol. The molecule has 1 amide bonds. The van der Waals surface area contributed by atoms with Gasteiger partial charge in [-0.15, -0.1) is 0 Å². The first-order chi connectivity index (χ1) is 36.3. The summed E-state index contributed by atoms with van der Waals surface area (Å²) in [7, 11) is 0. The van der Waals surface area contributed by atoms with Crippen LogP contribution in [-0.4, -0.2) is 87.5 Å². The van der Waals surface area contributed by atoms with Crippen molar-refractivity contribution in [2.24, 2.45) is 0 Å². The summed E-state index contributed by atoms with van der Waals surface area (Å²) in [5.74, 6) is -0.137. The lowest BCUT2D eigenvalue weighted by Crippen LogP contribution is -2.60. The first-order valence-electron chi connectivity index (χ1n) is 32.5. The number of unbranched alkanes of at least 4 members (excludes halogenated alkanes) is 43. The summed E-state index contributed by atoms with van der Waals surface area (Å²) < 4.78 is 11.3. The normalized spacial score (nSPS) is 19.0. The number of carbonyl (C=O) groups excluding carboxylic acids is 1. The van der Waals surface area contributed by atoms with Crippen LogP contribution < -0.4 is 5.32 Å². The standard InChI is InChI=1S/C65H125NO8/c1-3-5-7-9-11-13-15-17-19-21-22-23-24-25-26-27-28-29-30-31-32-33-34-35-36-37-38-39-41-43-45-47-49-51-53-55-61(69)66-58(57-73-65-64(72)63(71)62(70)60(56-67)74-65)59(68)54-52-50-48-46-44-42-40-20-18-16-14-12-10-8-6-4-2/h15,17,21-22,58-60,62-65,67-68,70-72H,3-14,16,18-20,23-57H2,1-2H3,(H,66,69)/b17-15-,22-21-. The quantitative estimate of drug-likeness (QED) is 0.0261. The van der Waals surface area contributed by atoms with E-state index in [9.17, 15) is 30.3 Å². The van der Waals surface area contributed by atoms with E-state index < -0.39 is 49.5 Å². The van der Waals surface area contributed by atoms with Gasteiger partial charge in [0, 0.05) is 6.42 Å². The Morgan fingerprint density at radius 1 is 0.459 bits per heavy atom. The SMILES string of the molecule is CCCCCCC/C=C\C/C=C\CCCCCCCCCCCCCCCCCCCCCCCCCC(=O)NC(COC1OC(CO)C(O)C(O)C1O)C(O)CCCCCCCCCCCCCCCCCC. The molecule has 1 aliphatic rings. The largest absolute Gasteiger partial charge is 0.394 e. The number of carbonyl (C=O) groups is 1. The molecule has 0 spiro atoms. The molecule has 0 aromatic rings. The molecule has 1 rings (SSSR count). The van der Waals surface area contributed by atoms with Gasteiger partial charge in [-0.25, -0.2) is 0 Å². The van der Waals surface area contributed by atoms with E-state index in [2.05, 4.69) is 43.5 Å². The number of allylic oxidation sites excluding steroid dienone is 4. The van der Waals surface area contributed by atoms with Crippen molar-refractivity contribution in [3.63, 3.8) is 0 Å². The molecule has 1 fully saturated rings. The van der Waals surface area contributed by atoms with Crippen LogP contribution in [-0.2, 0) is 14.3 Å². The van der Waals surface area contributed by atoms with Crippen LogP contribution in [0, 0.1) is 0 Å². The Hall–Kier alpha value is -1.33. The predicted molar refractivity (Wildman–Crippen MR) is 314 cm³/mol. The van der Waals surface area contributed by atoms with Gasteiger partial charge in [-0.05, 0) is 44.9 Å². The van der Waals surface area contributed by atoms with E-state index in [0.29, 0.717) is 12.8 Å². The molecule has 6 N–H and O–H groups in total. The highest BCUT2D eigenvalue weighted by molar-refractivity contribution is 5.76. The molecule has 7 unspecified atom stereocenters. The van der Waals surface area contributed by atoms with Gasteiger partial charge >= 0.3 is 0 Å². The fraction of sp³-hybridized carbons (Fsp3) is 0.923. The summed E-state index contributed by atoms with van der Waals surface area (Å²) in [6.07, 6.45) is 63.8. The zero-order valence-corrected chi connectivity index (χ0v) is 48.9. The lowest BCUT2D eigenvalue weighted by atomic mass is 9.99. The maximum Gasteiger partial charge on any atom is 0.220 e. The number of rotatable bonds is 57. The van der Waals surface area contributed by atoms with Crippen molar-refractivity contribution in [2.45, 2.75) is 371 Å². The van der Waals surface area contributed by atoms with E-state index in [1.54, 1.807) is 0 Å². The van der Waals surface area contributed by atoms with Gasteiger partial charge in [0.2, 0.25) is 5.91 Å². The van der Waals surface area contributed by atoms with Crippen molar-refractivity contribution in [1.82, 2.24) is 5.32 Å². The Kier molecular flexibility index (Phi) is 52.5. The summed E-state index contributed by atoms with van der Waals surface area (Å²) in [5.41, 5.74) is 0. The van der Waals surface area contributed by atoms with Crippen LogP contribution >= 0.6 is 0 Å². The van der Waals surface area contributed by atoms with Crippen LogP contribution in [0.5, 0.6) is 0 Å². The van der Waals surface area contributed by atoms with Crippen molar-refractivity contribution in [3.8, 4) is 0 Å². The molecule has 0 bridgehead atoms. The molecule has 1 heterocycles. The third-order valence-electron chi connectivity index (χ3n) is 15.8. The molecule has 438 valence electrons. The summed E-state index contributed by atoms with van der Waals surface area (Å²) in [5, 5.41) is 54.7. The van der Waals surface area contributed by atoms with Crippen molar-refractivity contribution >= 4 is 5.91 Å². The third kappa shape index (κ3) is 43.6. The number of nitrogens with one attached hydrogen (secondary N) is 1. The van der Waals surface area contributed by atoms with Crippen LogP contribution in [0.3, 0.4) is 0 Å². The molecule has 0 aromatic heterocycles. The van der Waals surface area contributed by atoms with E-state index in [4.69, 9.17) is 9.47 Å². The minimum absolute atomic E-state index is 0.133. The molecule has 1 aliphatic heterocycles. The van der Waals surface area contributed by atoms with Gasteiger partial charge in [0.1, 0.15) is 24.4 Å². The minimum atomic E-state index is -1.55. The Morgan fingerprint density at radius 2 is 0.797 bits per heavy atom. The molecular weight excluding hydrogens is 923 g/mol. The third-order valence-corrected chi connectivity index (χ3v) is 15.8. The van der Waals surface area contributed by atoms with Crippen molar-refractivity contribution in [1.29, 1.82) is 0 Å². The number of aliphatic hydroxyl groups is 5. The van der Waals surface area contributed by atoms with Gasteiger partial charge in [-0.2, -0.15) is 0 Å². The van der Waals surface area contributed by atoms with Crippen LogP contribution in [0.15, 0.2) is 24.3 Å². The highest BCUT2D eigenvalue weighted by Crippen LogP contribution is 2.24. The number of amides is 1. The second-order valence-corrected chi connectivity index (χ2v) is 22.9. The Labute approximate surface area is 458 Å². The monoisotopic (exact) mass is 1050 g/mol. The molecular formula is C65H125NO8. The highest BCUT2D eigenvalue weighted by Gasteiger charge is 2.44. The number of hydrogen-bond donors (Lipinski definition) is 6. The number of ether oxygens (including phenoxy) is 2. The fourth-order valence-corrected chi connectivity index (χ4v) is 10.7. The second kappa shape index (κ2) is 55.0. The van der Waals surface area contributed by atoms with E-state index in [1.807, 2.05) is 0 Å². The van der Waals surface area contributed by atoms with Gasteiger partial charge in [0.25, 0.3) is 0 Å². The maximum atomic E-state index is 13.1. The first kappa shape index (κ1) is 70.7. The molecule has 1 saturated heterocycles. The molecule has 9 heteroatoms. The topological polar surface area (TPSA) is 149 Å². The number of aliphatic hydroxyl groups excluding tert-OH is 5. The van der Waals surface area contributed by atoms with E-state index in [0.717, 1.165) is 44.9 Å². The lowest BCUT2D eigenvalue weighted by molar-refractivity contribution is -0.302. The van der Waals surface area contributed by atoms with Gasteiger partial charge in [0.15, 0.2) is 6.29 Å². The fourth-order valence-electron chi connectivity index (χ4n) is 10.7. The zero-order chi connectivity index (χ0) is 53.6. The second-order valence-electron chi connectivity index (χ2n) is 22.9. The Balaban J connectivity index is 2.06. The molecule has 0 aromatic carbocycles. The van der Waals surface area contributed by atoms with Crippen molar-refractivity contribution in [2.75, 3.05) is 13.2 Å². The summed E-state index contributed by atoms with van der Waals surface area (Å²) >= 11 is 0. The minimum Gasteiger partial charge on any atom is -0.394 e. The van der Waals surface area contributed by atoms with Gasteiger partial charge in [-0.1, -0.05) is 301 Å². The summed E-state index contributed by atoms with van der Waals surface area (Å²) in [6.45, 7) is 3.87. The summed E-state index contributed by atoms with van der Waals surface area (Å²) in [4.78, 5) is 13.1. The smallest absolute Gasteiger partial charge is 0.220 e. The van der Waals surface area contributed by atoms with E-state index >= 15 is 0 Å². The Bertz CT molecular complexity index is 1210. The molecule has 0 radical (unpaired) electrons. The van der Waals surface area contributed by atoms with Crippen LogP contribution in [0.25, 0.3) is 0 Å². The first-order valence-corrected chi connectivity index (χ1v) is 32.5. The lowest BCUT2D eigenvalue weighted by Gasteiger charge is -2.40. The van der Waals surface area contributed by atoms with Gasteiger partial charge in [0.05, 0.1) is 25.4 Å². The predicted octanol–water partition coefficient (Wildman–Crippen LogP) is 16.9. The Morgan fingerprint density at radius 3 is 1.16 bits per heavy atom. The molecule has 9 nitrogen and oxygen atoms in total. The van der Waals surface area contributed by atoms with Crippen LogP contribution in [0.2, 0.25) is 0 Å². The molecule has 7 atom stereocenters. The molecule has 0 aliphatic carbocycles. The van der Waals surface area contributed by atoms with Gasteiger partial charge in [-0.3, -0.25) is 4.79 Å². The van der Waals surface area contributed by atoms with E-state index in [1.165, 1.54) is 257 Å². The molecule has 0 saturated carbocycles. The van der Waals surface area contributed by atoms with Gasteiger partial charge < -0.3 is 40.3 Å². The van der Waals surface area contributed by atoms with Crippen molar-refractivity contribution in [3.05, 3.63) is 24.3 Å². The van der Waals surface area contributed by atoms with Crippen LogP contribution in [0.4, 0.5) is 0 Å². The van der Waals surface area contributed by atoms with Crippen LogP contribution in [0.1, 0.15) is 328 Å². The average Bonchev–Trinajstić information content (AvgIpc) is 3.40. The van der Waals surface area contributed by atoms with Crippen molar-refractivity contribution < 1.29 is 39.8 Å². The number of hydrogen-bond acceptors (Lipinski definition) is 8. The maximum absolute atomic E-state index is 13.1. The zero-order valence-electron chi connectivity index (χ0n) is 48.9. The summed E-state index contributed by atoms with van der Waals surface area (Å²) in [6, 6.07) is -0.716. The highest BCUT2D eigenvalue weighted by atomic mass is 16.7. The molecule has 74 heavy (non-hydrogen) atoms.